The van der Waals surface area contributed by atoms with Crippen LogP contribution in [0.2, 0.25) is 0 Å². The standard InChI is InChI=1S/C13H19N5O4/c1-13(2)21-8-6(3-19)20-12(9(8)22-13)18-5-17-7-10(14)15-4-16-11(7)18/h4-9,11-12,19H,3H2,1-2H3,(H2,14,15,16)/t6-,7?,8-,9-,11?,12?/m1/s1. The molecule has 9 heteroatoms. The van der Waals surface area contributed by atoms with Crippen LogP contribution in [0.15, 0.2) is 15.0 Å². The summed E-state index contributed by atoms with van der Waals surface area (Å²) < 4.78 is 17.7. The summed E-state index contributed by atoms with van der Waals surface area (Å²) in [6.07, 6.45) is 1.27. The van der Waals surface area contributed by atoms with Crippen molar-refractivity contribution in [3.63, 3.8) is 0 Å². The molecule has 22 heavy (non-hydrogen) atoms. The van der Waals surface area contributed by atoms with E-state index >= 15 is 0 Å². The zero-order valence-electron chi connectivity index (χ0n) is 12.4. The van der Waals surface area contributed by atoms with E-state index in [-0.39, 0.29) is 31.0 Å². The Bertz CT molecular complexity index is 563. The molecule has 0 radical (unpaired) electrons. The highest BCUT2D eigenvalue weighted by Gasteiger charge is 2.58. The van der Waals surface area contributed by atoms with Crippen LogP contribution in [0.3, 0.4) is 0 Å². The van der Waals surface area contributed by atoms with Crippen molar-refractivity contribution in [3.8, 4) is 0 Å². The third kappa shape index (κ3) is 1.97. The highest BCUT2D eigenvalue weighted by molar-refractivity contribution is 5.96. The fourth-order valence-corrected chi connectivity index (χ4v) is 3.35. The smallest absolute Gasteiger partial charge is 0.164 e. The second kappa shape index (κ2) is 4.72. The minimum absolute atomic E-state index is 0.136. The first-order valence-electron chi connectivity index (χ1n) is 7.28. The number of hydrogen-bond acceptors (Lipinski definition) is 9. The van der Waals surface area contributed by atoms with Crippen molar-refractivity contribution in [2.24, 2.45) is 20.7 Å². The van der Waals surface area contributed by atoms with Crippen LogP contribution in [0.5, 0.6) is 0 Å². The van der Waals surface area contributed by atoms with Crippen LogP contribution >= 0.6 is 0 Å². The number of amidine groups is 1. The number of aliphatic hydroxyl groups excluding tert-OH is 1. The number of aliphatic imine (C=N–C) groups is 3. The van der Waals surface area contributed by atoms with Gasteiger partial charge in [0.15, 0.2) is 18.2 Å². The van der Waals surface area contributed by atoms with Gasteiger partial charge in [-0.2, -0.15) is 0 Å². The van der Waals surface area contributed by atoms with Crippen molar-refractivity contribution in [1.29, 1.82) is 0 Å². The molecule has 120 valence electrons. The number of rotatable bonds is 2. The summed E-state index contributed by atoms with van der Waals surface area (Å²) in [6, 6.07) is -0.310. The van der Waals surface area contributed by atoms with E-state index in [1.54, 1.807) is 6.34 Å². The molecule has 2 fully saturated rings. The summed E-state index contributed by atoms with van der Waals surface area (Å²) in [7, 11) is 0. The molecule has 0 aliphatic carbocycles. The number of aliphatic hydroxyl groups is 1. The summed E-state index contributed by atoms with van der Waals surface area (Å²) in [5.41, 5.74) is 5.87. The predicted molar refractivity (Wildman–Crippen MR) is 77.6 cm³/mol. The topological polar surface area (TPSA) is 114 Å². The van der Waals surface area contributed by atoms with Gasteiger partial charge in [0.2, 0.25) is 0 Å². The monoisotopic (exact) mass is 309 g/mol. The van der Waals surface area contributed by atoms with Gasteiger partial charge in [-0.1, -0.05) is 0 Å². The Morgan fingerprint density at radius 3 is 2.86 bits per heavy atom. The first kappa shape index (κ1) is 14.1. The van der Waals surface area contributed by atoms with Gasteiger partial charge in [-0.3, -0.25) is 4.99 Å². The first-order chi connectivity index (χ1) is 10.5. The molecule has 0 amide bonds. The molecule has 0 aromatic carbocycles. The molecule has 0 bridgehead atoms. The third-order valence-electron chi connectivity index (χ3n) is 4.28. The maximum absolute atomic E-state index is 9.54. The van der Waals surface area contributed by atoms with Crippen molar-refractivity contribution in [1.82, 2.24) is 4.90 Å². The van der Waals surface area contributed by atoms with Crippen molar-refractivity contribution in [2.75, 3.05) is 6.61 Å². The fraction of sp³-hybridized carbons (Fsp3) is 0.769. The summed E-state index contributed by atoms with van der Waals surface area (Å²) in [6.45, 7) is 3.56. The van der Waals surface area contributed by atoms with Crippen molar-refractivity contribution >= 4 is 18.5 Å². The average Bonchev–Trinajstić information content (AvgIpc) is 3.10. The lowest BCUT2D eigenvalue weighted by atomic mass is 10.1. The van der Waals surface area contributed by atoms with Gasteiger partial charge < -0.3 is 30.0 Å². The van der Waals surface area contributed by atoms with Crippen LogP contribution in [-0.2, 0) is 14.2 Å². The minimum Gasteiger partial charge on any atom is -0.394 e. The fourth-order valence-electron chi connectivity index (χ4n) is 3.35. The van der Waals surface area contributed by atoms with Crippen LogP contribution in [0, 0.1) is 0 Å². The molecule has 6 atom stereocenters. The molecule has 4 heterocycles. The van der Waals surface area contributed by atoms with Crippen LogP contribution < -0.4 is 5.73 Å². The Balaban J connectivity index is 1.60. The normalized spacial score (nSPS) is 45.0. The van der Waals surface area contributed by atoms with Gasteiger partial charge in [0, 0.05) is 0 Å². The second-order valence-corrected chi connectivity index (χ2v) is 6.20. The molecule has 0 aromatic heterocycles. The third-order valence-corrected chi connectivity index (χ3v) is 4.28. The SMILES string of the molecule is CC1(C)O[C@@H]2[C@@H](CO)OC(N3C=NC4C(N)=NC=NC43)[C@@H]2O1. The molecule has 2 saturated heterocycles. The number of fused-ring (bicyclic) bond motifs is 2. The lowest BCUT2D eigenvalue weighted by Crippen LogP contribution is -2.51. The average molecular weight is 309 g/mol. The van der Waals surface area contributed by atoms with E-state index < -0.39 is 18.1 Å². The lowest BCUT2D eigenvalue weighted by Gasteiger charge is -2.33. The molecule has 0 aromatic rings. The largest absolute Gasteiger partial charge is 0.394 e. The zero-order chi connectivity index (χ0) is 15.5. The van der Waals surface area contributed by atoms with E-state index in [2.05, 4.69) is 15.0 Å². The highest BCUT2D eigenvalue weighted by atomic mass is 16.8. The van der Waals surface area contributed by atoms with Gasteiger partial charge in [-0.05, 0) is 13.8 Å². The van der Waals surface area contributed by atoms with E-state index in [0.717, 1.165) is 0 Å². The summed E-state index contributed by atoms with van der Waals surface area (Å²) in [5, 5.41) is 9.54. The Morgan fingerprint density at radius 2 is 2.09 bits per heavy atom. The number of ether oxygens (including phenoxy) is 3. The molecular weight excluding hydrogens is 290 g/mol. The first-order valence-corrected chi connectivity index (χ1v) is 7.28. The number of nitrogens with zero attached hydrogens (tertiary/aromatic N) is 4. The highest BCUT2D eigenvalue weighted by Crippen LogP contribution is 2.40. The minimum atomic E-state index is -0.711. The van der Waals surface area contributed by atoms with Crippen molar-refractivity contribution in [3.05, 3.63) is 0 Å². The van der Waals surface area contributed by atoms with Gasteiger partial charge in [0.25, 0.3) is 0 Å². The zero-order valence-corrected chi connectivity index (χ0v) is 12.4. The van der Waals surface area contributed by atoms with Crippen LogP contribution in [0.25, 0.3) is 0 Å². The molecule has 4 aliphatic heterocycles. The molecular formula is C13H19N5O4. The van der Waals surface area contributed by atoms with Gasteiger partial charge in [0.1, 0.15) is 36.5 Å². The van der Waals surface area contributed by atoms with Crippen LogP contribution in [0.1, 0.15) is 13.8 Å². The maximum atomic E-state index is 9.54. The lowest BCUT2D eigenvalue weighted by molar-refractivity contribution is -0.204. The van der Waals surface area contributed by atoms with E-state index in [9.17, 15) is 5.11 Å². The molecule has 4 rings (SSSR count). The molecule has 9 nitrogen and oxygen atoms in total. The molecule has 0 saturated carbocycles. The number of nitrogens with two attached hydrogens (primary N) is 1. The molecule has 4 aliphatic rings. The number of hydrogen-bond donors (Lipinski definition) is 2. The maximum Gasteiger partial charge on any atom is 0.164 e. The van der Waals surface area contributed by atoms with Crippen LogP contribution in [0.4, 0.5) is 0 Å². The second-order valence-electron chi connectivity index (χ2n) is 6.20. The summed E-state index contributed by atoms with van der Waals surface area (Å²) in [4.78, 5) is 14.5. The summed E-state index contributed by atoms with van der Waals surface area (Å²) >= 11 is 0. The Kier molecular flexibility index (Phi) is 3.02. The predicted octanol–water partition coefficient (Wildman–Crippen LogP) is -1.34. The molecule has 0 spiro atoms. The van der Waals surface area contributed by atoms with E-state index in [0.29, 0.717) is 5.84 Å². The molecule has 3 unspecified atom stereocenters. The Morgan fingerprint density at radius 1 is 1.32 bits per heavy atom. The van der Waals surface area contributed by atoms with E-state index in [1.807, 2.05) is 18.7 Å². The van der Waals surface area contributed by atoms with Crippen molar-refractivity contribution in [2.45, 2.75) is 56.4 Å². The van der Waals surface area contributed by atoms with Crippen molar-refractivity contribution < 1.29 is 19.3 Å². The van der Waals surface area contributed by atoms with E-state index in [4.69, 9.17) is 19.9 Å². The van der Waals surface area contributed by atoms with E-state index in [1.165, 1.54) is 6.34 Å². The van der Waals surface area contributed by atoms with Crippen LogP contribution in [-0.4, -0.2) is 77.7 Å². The quantitative estimate of drug-likeness (QED) is 0.652. The summed E-state index contributed by atoms with van der Waals surface area (Å²) in [5.74, 6) is -0.284. The Hall–Kier alpha value is -1.55. The van der Waals surface area contributed by atoms with Gasteiger partial charge in [-0.15, -0.1) is 0 Å². The molecule has 3 N–H and O–H groups in total. The van der Waals surface area contributed by atoms with Gasteiger partial charge >= 0.3 is 0 Å². The Labute approximate surface area is 127 Å². The van der Waals surface area contributed by atoms with Gasteiger partial charge in [-0.25, -0.2) is 9.98 Å². The van der Waals surface area contributed by atoms with Gasteiger partial charge in [0.05, 0.1) is 12.9 Å².